The summed E-state index contributed by atoms with van der Waals surface area (Å²) in [5.74, 6) is 5.68. The molecule has 3 nitrogen and oxygen atoms in total. The number of rotatable bonds is 3. The van der Waals surface area contributed by atoms with Crippen molar-refractivity contribution in [2.45, 2.75) is 26.8 Å². The lowest BCUT2D eigenvalue weighted by molar-refractivity contribution is 0.0931. The minimum Gasteiger partial charge on any atom is -0.384 e. The van der Waals surface area contributed by atoms with Crippen LogP contribution in [0.15, 0.2) is 11.4 Å². The molecule has 1 aromatic rings. The minimum atomic E-state index is -0.163. The van der Waals surface area contributed by atoms with Crippen LogP contribution in [0, 0.1) is 17.8 Å². The molecule has 1 amide bonds. The summed E-state index contributed by atoms with van der Waals surface area (Å²) >= 11 is 1.41. The van der Waals surface area contributed by atoms with E-state index in [1.54, 1.807) is 11.4 Å². The molecule has 0 spiro atoms. The van der Waals surface area contributed by atoms with Crippen LogP contribution in [0.2, 0.25) is 0 Å². The van der Waals surface area contributed by atoms with Gasteiger partial charge in [-0.1, -0.05) is 25.7 Å². The highest BCUT2D eigenvalue weighted by molar-refractivity contribution is 7.10. The predicted molar refractivity (Wildman–Crippen MR) is 70.0 cm³/mol. The van der Waals surface area contributed by atoms with Gasteiger partial charge in [0.1, 0.15) is 6.61 Å². The zero-order valence-electron chi connectivity index (χ0n) is 10.3. The Morgan fingerprint density at radius 2 is 2.24 bits per heavy atom. The van der Waals surface area contributed by atoms with E-state index in [-0.39, 0.29) is 18.6 Å². The molecule has 0 saturated heterocycles. The molecule has 1 aromatic heterocycles. The first-order chi connectivity index (χ1) is 8.04. The number of thiophene rings is 1. The van der Waals surface area contributed by atoms with Gasteiger partial charge in [0.25, 0.3) is 5.91 Å². The van der Waals surface area contributed by atoms with Gasteiger partial charge >= 0.3 is 0 Å². The molecule has 0 aliphatic rings. The Bertz CT molecular complexity index is 440. The molecule has 4 heteroatoms. The van der Waals surface area contributed by atoms with E-state index >= 15 is 0 Å². The first kappa shape index (κ1) is 13.8. The maximum Gasteiger partial charge on any atom is 0.252 e. The molecule has 0 radical (unpaired) electrons. The van der Waals surface area contributed by atoms with E-state index in [2.05, 4.69) is 31.0 Å². The first-order valence-electron chi connectivity index (χ1n) is 5.53. The molecule has 1 heterocycles. The first-order valence-corrected chi connectivity index (χ1v) is 6.41. The normalized spacial score (nSPS) is 11.8. The van der Waals surface area contributed by atoms with Crippen LogP contribution in [0.4, 0.5) is 0 Å². The average Bonchev–Trinajstić information content (AvgIpc) is 2.74. The van der Waals surface area contributed by atoms with E-state index in [1.165, 1.54) is 11.3 Å². The van der Waals surface area contributed by atoms with E-state index in [1.807, 2.05) is 6.92 Å². The van der Waals surface area contributed by atoms with Crippen LogP contribution < -0.4 is 5.32 Å². The lowest BCUT2D eigenvalue weighted by atomic mass is 10.1. The number of nitrogens with one attached hydrogen (secondary N) is 1. The second-order valence-corrected chi connectivity index (χ2v) is 5.08. The third-order valence-electron chi connectivity index (χ3n) is 2.51. The Labute approximate surface area is 106 Å². The molecule has 0 aromatic carbocycles. The highest BCUT2D eigenvalue weighted by atomic mass is 32.1. The van der Waals surface area contributed by atoms with Crippen LogP contribution in [-0.2, 0) is 0 Å². The van der Waals surface area contributed by atoms with Gasteiger partial charge in [0.05, 0.1) is 10.4 Å². The Morgan fingerprint density at radius 3 is 2.82 bits per heavy atom. The summed E-state index contributed by atoms with van der Waals surface area (Å²) in [6.45, 7) is 5.96. The predicted octanol–water partition coefficient (Wildman–Crippen LogP) is 1.87. The third kappa shape index (κ3) is 4.22. The van der Waals surface area contributed by atoms with Crippen LogP contribution in [-0.4, -0.2) is 23.7 Å². The molecule has 92 valence electrons. The summed E-state index contributed by atoms with van der Waals surface area (Å²) in [4.78, 5) is 12.6. The van der Waals surface area contributed by atoms with E-state index in [9.17, 15) is 4.79 Å². The summed E-state index contributed by atoms with van der Waals surface area (Å²) in [5.41, 5.74) is 0.629. The molecule has 0 saturated carbocycles. The molecule has 1 rings (SSSR count). The summed E-state index contributed by atoms with van der Waals surface area (Å²) in [6, 6.07) is 1.89. The smallest absolute Gasteiger partial charge is 0.252 e. The number of hydrogen-bond acceptors (Lipinski definition) is 3. The van der Waals surface area contributed by atoms with Crippen molar-refractivity contribution in [1.82, 2.24) is 5.32 Å². The quantitative estimate of drug-likeness (QED) is 0.806. The topological polar surface area (TPSA) is 49.3 Å². The second-order valence-electron chi connectivity index (χ2n) is 4.17. The van der Waals surface area contributed by atoms with Gasteiger partial charge in [-0.2, -0.15) is 0 Å². The highest BCUT2D eigenvalue weighted by Crippen LogP contribution is 2.14. The number of aliphatic hydroxyl groups is 1. The fourth-order valence-electron chi connectivity index (χ4n) is 1.10. The second kappa shape index (κ2) is 6.43. The van der Waals surface area contributed by atoms with Gasteiger partial charge < -0.3 is 10.4 Å². The van der Waals surface area contributed by atoms with E-state index in [0.717, 1.165) is 4.88 Å². The summed E-state index contributed by atoms with van der Waals surface area (Å²) in [5, 5.41) is 13.3. The molecule has 17 heavy (non-hydrogen) atoms. The summed E-state index contributed by atoms with van der Waals surface area (Å²) < 4.78 is 0. The molecule has 2 N–H and O–H groups in total. The molecule has 1 unspecified atom stereocenters. The van der Waals surface area contributed by atoms with Gasteiger partial charge in [0.2, 0.25) is 0 Å². The molecular formula is C13H17NO2S. The van der Waals surface area contributed by atoms with Gasteiger partial charge in [0.15, 0.2) is 0 Å². The van der Waals surface area contributed by atoms with Gasteiger partial charge in [-0.25, -0.2) is 0 Å². The lowest BCUT2D eigenvalue weighted by Crippen LogP contribution is -2.35. The minimum absolute atomic E-state index is 0.0699. The number of amides is 1. The monoisotopic (exact) mass is 251 g/mol. The number of carbonyl (C=O) groups excluding carboxylic acids is 1. The molecule has 0 fully saturated rings. The maximum atomic E-state index is 11.8. The molecule has 1 atom stereocenters. The highest BCUT2D eigenvalue weighted by Gasteiger charge is 2.13. The van der Waals surface area contributed by atoms with Crippen molar-refractivity contribution < 1.29 is 9.90 Å². The zero-order valence-corrected chi connectivity index (χ0v) is 11.1. The van der Waals surface area contributed by atoms with Crippen molar-refractivity contribution in [2.24, 2.45) is 5.92 Å². The number of hydrogen-bond donors (Lipinski definition) is 2. The van der Waals surface area contributed by atoms with Crippen molar-refractivity contribution in [3.63, 3.8) is 0 Å². The Balaban J connectivity index is 2.67. The summed E-state index contributed by atoms with van der Waals surface area (Å²) in [7, 11) is 0. The van der Waals surface area contributed by atoms with Crippen LogP contribution in [0.1, 0.15) is 36.0 Å². The van der Waals surface area contributed by atoms with Crippen molar-refractivity contribution in [2.75, 3.05) is 6.61 Å². The van der Waals surface area contributed by atoms with Crippen molar-refractivity contribution in [3.05, 3.63) is 21.9 Å². The van der Waals surface area contributed by atoms with E-state index in [0.29, 0.717) is 11.5 Å². The van der Waals surface area contributed by atoms with E-state index < -0.39 is 0 Å². The molecule has 0 aliphatic heterocycles. The fourth-order valence-corrected chi connectivity index (χ4v) is 1.86. The van der Waals surface area contributed by atoms with Crippen LogP contribution in [0.25, 0.3) is 0 Å². The Morgan fingerprint density at radius 1 is 1.53 bits per heavy atom. The van der Waals surface area contributed by atoms with Crippen molar-refractivity contribution in [1.29, 1.82) is 0 Å². The van der Waals surface area contributed by atoms with Crippen LogP contribution >= 0.6 is 11.3 Å². The fraction of sp³-hybridized carbons (Fsp3) is 0.462. The third-order valence-corrected chi connectivity index (χ3v) is 3.36. The van der Waals surface area contributed by atoms with Gasteiger partial charge in [-0.15, -0.1) is 11.3 Å². The van der Waals surface area contributed by atoms with Gasteiger partial charge in [0, 0.05) is 11.4 Å². The molecular weight excluding hydrogens is 234 g/mol. The van der Waals surface area contributed by atoms with Crippen LogP contribution in [0.5, 0.6) is 0 Å². The summed E-state index contributed by atoms with van der Waals surface area (Å²) in [6.07, 6.45) is 0. The van der Waals surface area contributed by atoms with Gasteiger partial charge in [-0.05, 0) is 18.9 Å². The average molecular weight is 251 g/mol. The SMILES string of the molecule is CC(C)C(C)NC(=O)c1csc(C#CCO)c1. The van der Waals surface area contributed by atoms with E-state index in [4.69, 9.17) is 5.11 Å². The standard InChI is InChI=1S/C13H17NO2S/c1-9(2)10(3)14-13(16)11-7-12(17-8-11)5-4-6-15/h7-10,15H,6H2,1-3H3,(H,14,16). The maximum absolute atomic E-state index is 11.8. The number of carbonyl (C=O) groups is 1. The molecule has 0 aliphatic carbocycles. The van der Waals surface area contributed by atoms with Crippen molar-refractivity contribution >= 4 is 17.2 Å². The lowest BCUT2D eigenvalue weighted by Gasteiger charge is -2.16. The zero-order chi connectivity index (χ0) is 12.8. The van der Waals surface area contributed by atoms with Crippen LogP contribution in [0.3, 0.4) is 0 Å². The van der Waals surface area contributed by atoms with Crippen molar-refractivity contribution in [3.8, 4) is 11.8 Å². The number of aliphatic hydroxyl groups excluding tert-OH is 1. The Kier molecular flexibility index (Phi) is 5.20. The molecule has 0 bridgehead atoms. The van der Waals surface area contributed by atoms with Gasteiger partial charge in [-0.3, -0.25) is 4.79 Å². The largest absolute Gasteiger partial charge is 0.384 e. The Hall–Kier alpha value is -1.31.